The van der Waals surface area contributed by atoms with Gasteiger partial charge in [0.05, 0.1) is 4.90 Å². The van der Waals surface area contributed by atoms with Crippen molar-refractivity contribution < 1.29 is 13.2 Å². The molecule has 0 saturated heterocycles. The van der Waals surface area contributed by atoms with Crippen LogP contribution >= 0.6 is 11.6 Å². The second kappa shape index (κ2) is 9.71. The first kappa shape index (κ1) is 20.4. The van der Waals surface area contributed by atoms with Gasteiger partial charge in [-0.1, -0.05) is 43.1 Å². The molecule has 0 aliphatic rings. The summed E-state index contributed by atoms with van der Waals surface area (Å²) >= 11 is 5.84. The van der Waals surface area contributed by atoms with Crippen molar-refractivity contribution in [2.24, 2.45) is 0 Å². The molecule has 140 valence electrons. The van der Waals surface area contributed by atoms with Crippen molar-refractivity contribution in [3.8, 4) is 0 Å². The highest BCUT2D eigenvalue weighted by atomic mass is 35.5. The van der Waals surface area contributed by atoms with E-state index in [0.29, 0.717) is 30.1 Å². The van der Waals surface area contributed by atoms with E-state index < -0.39 is 10.0 Å². The van der Waals surface area contributed by atoms with Gasteiger partial charge in [-0.2, -0.15) is 0 Å². The Labute approximate surface area is 159 Å². The topological polar surface area (TPSA) is 75.3 Å². The molecule has 0 spiro atoms. The number of anilines is 1. The molecule has 0 heterocycles. The minimum Gasteiger partial charge on any atom is -0.326 e. The van der Waals surface area contributed by atoms with E-state index >= 15 is 0 Å². The predicted octanol–water partition coefficient (Wildman–Crippen LogP) is 3.99. The Balaban J connectivity index is 1.94. The van der Waals surface area contributed by atoms with Crippen LogP contribution in [0.3, 0.4) is 0 Å². The number of benzene rings is 2. The molecule has 0 atom stereocenters. The molecule has 2 aromatic carbocycles. The predicted molar refractivity (Wildman–Crippen MR) is 105 cm³/mol. The van der Waals surface area contributed by atoms with Crippen LogP contribution in [0.2, 0.25) is 5.02 Å². The summed E-state index contributed by atoms with van der Waals surface area (Å²) in [6.07, 6.45) is 2.57. The van der Waals surface area contributed by atoms with E-state index in [0.717, 1.165) is 18.4 Å². The number of carbonyl (C=O) groups excluding carboxylic acids is 1. The van der Waals surface area contributed by atoms with Gasteiger partial charge in [0.25, 0.3) is 0 Å². The Morgan fingerprint density at radius 2 is 1.85 bits per heavy atom. The Morgan fingerprint density at radius 1 is 1.12 bits per heavy atom. The van der Waals surface area contributed by atoms with E-state index in [1.54, 1.807) is 24.3 Å². The first-order valence-corrected chi connectivity index (χ1v) is 10.4. The van der Waals surface area contributed by atoms with Crippen molar-refractivity contribution in [3.63, 3.8) is 0 Å². The maximum Gasteiger partial charge on any atom is 0.240 e. The summed E-state index contributed by atoms with van der Waals surface area (Å²) in [4.78, 5) is 12.3. The minimum absolute atomic E-state index is 0.143. The standard InChI is InChI=1S/C19H23ClN2O3S/c1-2-3-13-21-26(24,25)18-6-4-5-17(14-18)22-19(23)12-9-15-7-10-16(20)11-8-15/h4-8,10-11,14,21H,2-3,9,12-13H2,1H3,(H,22,23). The molecule has 0 aliphatic heterocycles. The van der Waals surface area contributed by atoms with Crippen LogP contribution in [0.1, 0.15) is 31.7 Å². The molecule has 0 radical (unpaired) electrons. The highest BCUT2D eigenvalue weighted by Gasteiger charge is 2.14. The maximum absolute atomic E-state index is 12.2. The molecule has 0 bridgehead atoms. The average molecular weight is 395 g/mol. The van der Waals surface area contributed by atoms with E-state index in [2.05, 4.69) is 10.0 Å². The van der Waals surface area contributed by atoms with Crippen molar-refractivity contribution >= 4 is 33.2 Å². The largest absolute Gasteiger partial charge is 0.326 e. The van der Waals surface area contributed by atoms with Crippen molar-refractivity contribution in [3.05, 3.63) is 59.1 Å². The molecule has 2 rings (SSSR count). The Bertz CT molecular complexity index is 836. The fourth-order valence-corrected chi connectivity index (χ4v) is 3.59. The quantitative estimate of drug-likeness (QED) is 0.631. The Morgan fingerprint density at radius 3 is 2.54 bits per heavy atom. The minimum atomic E-state index is -3.56. The molecule has 0 saturated carbocycles. The number of hydrogen-bond donors (Lipinski definition) is 2. The molecule has 26 heavy (non-hydrogen) atoms. The fourth-order valence-electron chi connectivity index (χ4n) is 2.34. The van der Waals surface area contributed by atoms with Crippen LogP contribution in [0.25, 0.3) is 0 Å². The van der Waals surface area contributed by atoms with E-state index in [1.165, 1.54) is 12.1 Å². The van der Waals surface area contributed by atoms with Gasteiger partial charge in [0, 0.05) is 23.7 Å². The summed E-state index contributed by atoms with van der Waals surface area (Å²) < 4.78 is 27.1. The third-order valence-corrected chi connectivity index (χ3v) is 5.52. The third kappa shape index (κ3) is 6.44. The van der Waals surface area contributed by atoms with Crippen LogP contribution in [0.5, 0.6) is 0 Å². The summed E-state index contributed by atoms with van der Waals surface area (Å²) in [5.41, 5.74) is 1.48. The average Bonchev–Trinajstić information content (AvgIpc) is 2.61. The lowest BCUT2D eigenvalue weighted by molar-refractivity contribution is -0.116. The zero-order chi connectivity index (χ0) is 19.0. The van der Waals surface area contributed by atoms with Crippen LogP contribution in [0.4, 0.5) is 5.69 Å². The van der Waals surface area contributed by atoms with E-state index in [9.17, 15) is 13.2 Å². The number of halogens is 1. The summed E-state index contributed by atoms with van der Waals surface area (Å²) in [6, 6.07) is 13.6. The summed E-state index contributed by atoms with van der Waals surface area (Å²) in [5, 5.41) is 3.40. The molecule has 0 aromatic heterocycles. The van der Waals surface area contributed by atoms with Gasteiger partial charge in [0.1, 0.15) is 0 Å². The van der Waals surface area contributed by atoms with Gasteiger partial charge in [0.15, 0.2) is 0 Å². The molecule has 7 heteroatoms. The summed E-state index contributed by atoms with van der Waals surface area (Å²) in [7, 11) is -3.56. The van der Waals surface area contributed by atoms with Crippen molar-refractivity contribution in [1.29, 1.82) is 0 Å². The molecule has 5 nitrogen and oxygen atoms in total. The third-order valence-electron chi connectivity index (χ3n) is 3.80. The molecule has 1 amide bonds. The van der Waals surface area contributed by atoms with Gasteiger partial charge in [-0.05, 0) is 48.7 Å². The number of hydrogen-bond acceptors (Lipinski definition) is 3. The van der Waals surface area contributed by atoms with Gasteiger partial charge < -0.3 is 5.32 Å². The van der Waals surface area contributed by atoms with Gasteiger partial charge in [-0.25, -0.2) is 13.1 Å². The first-order valence-electron chi connectivity index (χ1n) is 8.55. The zero-order valence-electron chi connectivity index (χ0n) is 14.7. The Hall–Kier alpha value is -1.89. The molecular formula is C19H23ClN2O3S. The summed E-state index contributed by atoms with van der Waals surface area (Å²) in [6.45, 7) is 2.39. The molecule has 0 aliphatic carbocycles. The van der Waals surface area contributed by atoms with Crippen molar-refractivity contribution in [1.82, 2.24) is 4.72 Å². The molecule has 0 fully saturated rings. The number of amides is 1. The lowest BCUT2D eigenvalue weighted by atomic mass is 10.1. The number of sulfonamides is 1. The second-order valence-electron chi connectivity index (χ2n) is 5.95. The van der Waals surface area contributed by atoms with Crippen molar-refractivity contribution in [2.75, 3.05) is 11.9 Å². The number of nitrogens with one attached hydrogen (secondary N) is 2. The highest BCUT2D eigenvalue weighted by Crippen LogP contribution is 2.16. The van der Waals surface area contributed by atoms with Gasteiger partial charge in [0.2, 0.25) is 15.9 Å². The second-order valence-corrected chi connectivity index (χ2v) is 8.16. The van der Waals surface area contributed by atoms with Gasteiger partial charge >= 0.3 is 0 Å². The van der Waals surface area contributed by atoms with Gasteiger partial charge in [-0.15, -0.1) is 0 Å². The molecule has 2 N–H and O–H groups in total. The fraction of sp³-hybridized carbons (Fsp3) is 0.316. The Kier molecular flexibility index (Phi) is 7.63. The maximum atomic E-state index is 12.2. The lowest BCUT2D eigenvalue weighted by Gasteiger charge is -2.09. The smallest absolute Gasteiger partial charge is 0.240 e. The first-order chi connectivity index (χ1) is 12.4. The lowest BCUT2D eigenvalue weighted by Crippen LogP contribution is -2.24. The number of rotatable bonds is 9. The SMILES string of the molecule is CCCCNS(=O)(=O)c1cccc(NC(=O)CCc2ccc(Cl)cc2)c1. The van der Waals surface area contributed by atoms with Crippen LogP contribution in [-0.2, 0) is 21.2 Å². The number of aryl methyl sites for hydroxylation is 1. The van der Waals surface area contributed by atoms with Crippen LogP contribution in [0, 0.1) is 0 Å². The summed E-state index contributed by atoms with van der Waals surface area (Å²) in [5.74, 6) is -0.173. The van der Waals surface area contributed by atoms with Crippen LogP contribution < -0.4 is 10.0 Å². The monoisotopic (exact) mass is 394 g/mol. The van der Waals surface area contributed by atoms with E-state index in [-0.39, 0.29) is 10.8 Å². The normalized spacial score (nSPS) is 11.3. The van der Waals surface area contributed by atoms with Crippen LogP contribution in [0.15, 0.2) is 53.4 Å². The zero-order valence-corrected chi connectivity index (χ0v) is 16.2. The number of unbranched alkanes of at least 4 members (excludes halogenated alkanes) is 1. The van der Waals surface area contributed by atoms with E-state index in [1.807, 2.05) is 19.1 Å². The highest BCUT2D eigenvalue weighted by molar-refractivity contribution is 7.89. The molecular weight excluding hydrogens is 372 g/mol. The van der Waals surface area contributed by atoms with E-state index in [4.69, 9.17) is 11.6 Å². The van der Waals surface area contributed by atoms with Crippen LogP contribution in [-0.4, -0.2) is 20.9 Å². The number of carbonyl (C=O) groups is 1. The molecule has 0 unspecified atom stereocenters. The molecule has 2 aromatic rings. The van der Waals surface area contributed by atoms with Gasteiger partial charge in [-0.3, -0.25) is 4.79 Å². The van der Waals surface area contributed by atoms with Crippen molar-refractivity contribution in [2.45, 2.75) is 37.5 Å².